The zero-order valence-corrected chi connectivity index (χ0v) is 17.4. The van der Waals surface area contributed by atoms with Gasteiger partial charge < -0.3 is 20.1 Å². The van der Waals surface area contributed by atoms with Gasteiger partial charge in [-0.3, -0.25) is 0 Å². The highest BCUT2D eigenvalue weighted by molar-refractivity contribution is 7.80. The first-order valence-electron chi connectivity index (χ1n) is 8.99. The molecule has 0 saturated carbocycles. The molecule has 5 nitrogen and oxygen atoms in total. The van der Waals surface area contributed by atoms with Gasteiger partial charge in [0.15, 0.2) is 5.11 Å². The van der Waals surface area contributed by atoms with Crippen molar-refractivity contribution >= 4 is 45.3 Å². The fourth-order valence-corrected chi connectivity index (χ4v) is 4.88. The van der Waals surface area contributed by atoms with Crippen LogP contribution in [0.2, 0.25) is 0 Å². The van der Waals surface area contributed by atoms with Crippen LogP contribution in [0.25, 0.3) is 0 Å². The fraction of sp³-hybridized carbons (Fsp3) is 0.400. The fourth-order valence-electron chi connectivity index (χ4n) is 3.32. The van der Waals surface area contributed by atoms with Gasteiger partial charge in [-0.25, -0.2) is 4.79 Å². The normalized spacial score (nSPS) is 13.3. The zero-order valence-electron chi connectivity index (χ0n) is 15.8. The van der Waals surface area contributed by atoms with Gasteiger partial charge in [0.25, 0.3) is 0 Å². The largest absolute Gasteiger partial charge is 0.495 e. The third-order valence-electron chi connectivity index (χ3n) is 4.64. The highest BCUT2D eigenvalue weighted by Gasteiger charge is 2.25. The van der Waals surface area contributed by atoms with Gasteiger partial charge >= 0.3 is 5.97 Å². The number of benzene rings is 1. The van der Waals surface area contributed by atoms with Crippen molar-refractivity contribution in [2.75, 3.05) is 24.9 Å². The maximum atomic E-state index is 12.4. The van der Waals surface area contributed by atoms with E-state index in [1.807, 2.05) is 25.1 Å². The summed E-state index contributed by atoms with van der Waals surface area (Å²) in [5, 5.41) is 7.55. The molecule has 0 aliphatic heterocycles. The number of hydrogen-bond donors (Lipinski definition) is 2. The van der Waals surface area contributed by atoms with E-state index in [0.29, 0.717) is 16.4 Å². The number of hydrogen-bond acceptors (Lipinski definition) is 5. The molecule has 27 heavy (non-hydrogen) atoms. The van der Waals surface area contributed by atoms with Crippen LogP contribution in [0.1, 0.15) is 45.6 Å². The van der Waals surface area contributed by atoms with Crippen molar-refractivity contribution in [3.05, 3.63) is 39.8 Å². The molecule has 3 rings (SSSR count). The Labute approximate surface area is 169 Å². The van der Waals surface area contributed by atoms with E-state index in [9.17, 15) is 4.79 Å². The van der Waals surface area contributed by atoms with E-state index in [0.717, 1.165) is 47.5 Å². The average molecular weight is 405 g/mol. The third kappa shape index (κ3) is 4.42. The Bertz CT molecular complexity index is 861. The zero-order chi connectivity index (χ0) is 19.4. The van der Waals surface area contributed by atoms with Crippen molar-refractivity contribution in [2.45, 2.75) is 39.0 Å². The van der Waals surface area contributed by atoms with Gasteiger partial charge in [-0.15, -0.1) is 11.3 Å². The van der Waals surface area contributed by atoms with Crippen LogP contribution in [0.5, 0.6) is 5.75 Å². The van der Waals surface area contributed by atoms with Gasteiger partial charge in [0.1, 0.15) is 10.8 Å². The molecule has 0 atom stereocenters. The lowest BCUT2D eigenvalue weighted by Crippen LogP contribution is -2.20. The predicted molar refractivity (Wildman–Crippen MR) is 114 cm³/mol. The van der Waals surface area contributed by atoms with Crippen molar-refractivity contribution in [1.82, 2.24) is 0 Å². The van der Waals surface area contributed by atoms with Crippen molar-refractivity contribution in [3.63, 3.8) is 0 Å². The summed E-state index contributed by atoms with van der Waals surface area (Å²) >= 11 is 7.10. The number of thiocarbonyl (C=S) groups is 1. The Kier molecular flexibility index (Phi) is 6.34. The molecule has 2 N–H and O–H groups in total. The predicted octanol–water partition coefficient (Wildman–Crippen LogP) is 4.93. The summed E-state index contributed by atoms with van der Waals surface area (Å²) in [6, 6.07) is 5.84. The van der Waals surface area contributed by atoms with Gasteiger partial charge in [-0.1, -0.05) is 12.5 Å². The molecular formula is C20H24N2O3S2. The summed E-state index contributed by atoms with van der Waals surface area (Å²) in [5.41, 5.74) is 3.62. The number of nitrogens with one attached hydrogen (secondary N) is 2. The molecule has 0 fully saturated rings. The molecule has 0 amide bonds. The molecule has 1 heterocycles. The number of methoxy groups -OCH3 is 2. The summed E-state index contributed by atoms with van der Waals surface area (Å²) < 4.78 is 10.4. The number of anilines is 2. The highest BCUT2D eigenvalue weighted by Crippen LogP contribution is 2.38. The second-order valence-corrected chi connectivity index (χ2v) is 8.06. The smallest absolute Gasteiger partial charge is 0.341 e. The van der Waals surface area contributed by atoms with E-state index >= 15 is 0 Å². The average Bonchev–Trinajstić information content (AvgIpc) is 2.82. The molecule has 7 heteroatoms. The molecule has 144 valence electrons. The molecular weight excluding hydrogens is 380 g/mol. The third-order valence-corrected chi connectivity index (χ3v) is 6.05. The SMILES string of the molecule is COC(=O)c1c(NC(=S)Nc2cc(C)ccc2OC)sc2c1CCCCC2. The number of thiophene rings is 1. The highest BCUT2D eigenvalue weighted by atomic mass is 32.1. The van der Waals surface area contributed by atoms with Crippen molar-refractivity contribution < 1.29 is 14.3 Å². The molecule has 0 saturated heterocycles. The molecule has 0 bridgehead atoms. The molecule has 1 aromatic carbocycles. The Balaban J connectivity index is 1.86. The summed E-state index contributed by atoms with van der Waals surface area (Å²) in [7, 11) is 3.04. The lowest BCUT2D eigenvalue weighted by molar-refractivity contribution is 0.0601. The molecule has 1 aliphatic rings. The number of esters is 1. The van der Waals surface area contributed by atoms with Crippen LogP contribution in [-0.2, 0) is 17.6 Å². The minimum absolute atomic E-state index is 0.312. The van der Waals surface area contributed by atoms with Crippen LogP contribution in [0.3, 0.4) is 0 Å². The van der Waals surface area contributed by atoms with Gasteiger partial charge in [-0.05, 0) is 68.1 Å². The number of fused-ring (bicyclic) bond motifs is 1. The van der Waals surface area contributed by atoms with E-state index in [1.54, 1.807) is 18.4 Å². The van der Waals surface area contributed by atoms with E-state index in [2.05, 4.69) is 10.6 Å². The summed E-state index contributed by atoms with van der Waals surface area (Å²) in [5.74, 6) is 0.396. The number of ether oxygens (including phenoxy) is 2. The van der Waals surface area contributed by atoms with Gasteiger partial charge in [-0.2, -0.15) is 0 Å². The quantitative estimate of drug-likeness (QED) is 0.428. The van der Waals surface area contributed by atoms with E-state index < -0.39 is 0 Å². The first-order chi connectivity index (χ1) is 13.0. The second-order valence-electron chi connectivity index (χ2n) is 6.54. The van der Waals surface area contributed by atoms with E-state index in [-0.39, 0.29) is 5.97 Å². The molecule has 1 aromatic heterocycles. The number of rotatable bonds is 4. The number of carbonyl (C=O) groups is 1. The Morgan fingerprint density at radius 3 is 2.67 bits per heavy atom. The van der Waals surface area contributed by atoms with Crippen LogP contribution in [0, 0.1) is 6.92 Å². The first kappa shape index (κ1) is 19.6. The second kappa shape index (κ2) is 8.71. The van der Waals surface area contributed by atoms with Crippen LogP contribution in [-0.4, -0.2) is 25.3 Å². The maximum Gasteiger partial charge on any atom is 0.341 e. The lowest BCUT2D eigenvalue weighted by atomic mass is 10.1. The molecule has 1 aliphatic carbocycles. The summed E-state index contributed by atoms with van der Waals surface area (Å²) in [6.07, 6.45) is 5.34. The van der Waals surface area contributed by atoms with Crippen molar-refractivity contribution in [2.24, 2.45) is 0 Å². The number of carbonyl (C=O) groups excluding carboxylic acids is 1. The molecule has 0 unspecified atom stereocenters. The summed E-state index contributed by atoms with van der Waals surface area (Å²) in [6.45, 7) is 2.01. The topological polar surface area (TPSA) is 59.6 Å². The summed E-state index contributed by atoms with van der Waals surface area (Å²) in [4.78, 5) is 13.7. The van der Waals surface area contributed by atoms with Crippen LogP contribution >= 0.6 is 23.6 Å². The Morgan fingerprint density at radius 1 is 1.15 bits per heavy atom. The minimum Gasteiger partial charge on any atom is -0.495 e. The van der Waals surface area contributed by atoms with Crippen LogP contribution < -0.4 is 15.4 Å². The Hall–Kier alpha value is -2.12. The number of aryl methyl sites for hydroxylation is 2. The van der Waals surface area contributed by atoms with Gasteiger partial charge in [0, 0.05) is 4.88 Å². The molecule has 0 radical (unpaired) electrons. The van der Waals surface area contributed by atoms with Crippen molar-refractivity contribution in [3.8, 4) is 5.75 Å². The van der Waals surface area contributed by atoms with E-state index in [4.69, 9.17) is 21.7 Å². The van der Waals surface area contributed by atoms with Crippen molar-refractivity contribution in [1.29, 1.82) is 0 Å². The monoisotopic (exact) mass is 404 g/mol. The van der Waals surface area contributed by atoms with Crippen LogP contribution in [0.15, 0.2) is 18.2 Å². The van der Waals surface area contributed by atoms with Crippen LogP contribution in [0.4, 0.5) is 10.7 Å². The molecule has 0 spiro atoms. The maximum absolute atomic E-state index is 12.4. The van der Waals surface area contributed by atoms with E-state index in [1.165, 1.54) is 18.4 Å². The molecule has 2 aromatic rings. The Morgan fingerprint density at radius 2 is 1.93 bits per heavy atom. The van der Waals surface area contributed by atoms with Gasteiger partial charge in [0.05, 0.1) is 25.5 Å². The minimum atomic E-state index is -0.312. The van der Waals surface area contributed by atoms with Gasteiger partial charge in [0.2, 0.25) is 0 Å². The standard InChI is InChI=1S/C20H24N2O3S2/c1-12-9-10-15(24-2)14(11-12)21-20(26)22-18-17(19(23)25-3)13-7-5-4-6-8-16(13)27-18/h9-11H,4-8H2,1-3H3,(H2,21,22,26). The first-order valence-corrected chi connectivity index (χ1v) is 10.2. The lowest BCUT2D eigenvalue weighted by Gasteiger charge is -2.14.